The van der Waals surface area contributed by atoms with Crippen LogP contribution in [0.1, 0.15) is 45.2 Å². The number of halogens is 1. The van der Waals surface area contributed by atoms with Crippen molar-refractivity contribution in [2.75, 3.05) is 17.4 Å². The fourth-order valence-corrected chi connectivity index (χ4v) is 6.09. The third kappa shape index (κ3) is 8.08. The highest BCUT2D eigenvalue weighted by Gasteiger charge is 2.34. The summed E-state index contributed by atoms with van der Waals surface area (Å²) in [6, 6.07) is 21.8. The Hall–Kier alpha value is -3.36. The van der Waals surface area contributed by atoms with Crippen LogP contribution in [0.2, 0.25) is 5.02 Å². The number of carbonyl (C=O) groups excluding carboxylic acids is 2. The Balaban J connectivity index is 2.05. The summed E-state index contributed by atoms with van der Waals surface area (Å²) in [7, 11) is -4.14. The molecule has 3 rings (SSSR count). The van der Waals surface area contributed by atoms with Crippen molar-refractivity contribution >= 4 is 39.1 Å². The Morgan fingerprint density at radius 3 is 2.12 bits per heavy atom. The second-order valence-electron chi connectivity index (χ2n) is 10.7. The molecule has 0 aliphatic heterocycles. The van der Waals surface area contributed by atoms with E-state index in [0.29, 0.717) is 29.1 Å². The van der Waals surface area contributed by atoms with Crippen molar-refractivity contribution < 1.29 is 18.0 Å². The summed E-state index contributed by atoms with van der Waals surface area (Å²) < 4.78 is 28.9. The largest absolute Gasteiger partial charge is 0.350 e. The van der Waals surface area contributed by atoms with Gasteiger partial charge in [0.2, 0.25) is 11.8 Å². The molecular weight excluding hydrogens is 546 g/mol. The lowest BCUT2D eigenvalue weighted by molar-refractivity contribution is -0.140. The first-order chi connectivity index (χ1) is 18.8. The fraction of sp³-hybridized carbons (Fsp3) is 0.355. The maximum absolute atomic E-state index is 14.1. The van der Waals surface area contributed by atoms with Crippen molar-refractivity contribution in [2.24, 2.45) is 0 Å². The van der Waals surface area contributed by atoms with Gasteiger partial charge in [0.05, 0.1) is 10.6 Å². The summed E-state index contributed by atoms with van der Waals surface area (Å²) in [6.45, 7) is 8.99. The molecule has 0 bridgehead atoms. The first-order valence-electron chi connectivity index (χ1n) is 13.3. The molecule has 3 aromatic rings. The Morgan fingerprint density at radius 1 is 0.950 bits per heavy atom. The molecule has 0 aliphatic carbocycles. The average molecular weight is 584 g/mol. The minimum Gasteiger partial charge on any atom is -0.350 e. The number of nitrogens with zero attached hydrogens (tertiary/aromatic N) is 2. The molecule has 3 aromatic carbocycles. The molecule has 7 nitrogen and oxygen atoms in total. The van der Waals surface area contributed by atoms with Gasteiger partial charge in [0.1, 0.15) is 12.6 Å². The second kappa shape index (κ2) is 13.3. The van der Waals surface area contributed by atoms with Gasteiger partial charge < -0.3 is 10.2 Å². The maximum Gasteiger partial charge on any atom is 0.264 e. The first-order valence-corrected chi connectivity index (χ1v) is 15.1. The molecule has 0 aromatic heterocycles. The van der Waals surface area contributed by atoms with Crippen molar-refractivity contribution in [3.63, 3.8) is 0 Å². The van der Waals surface area contributed by atoms with Crippen molar-refractivity contribution in [3.8, 4) is 0 Å². The average Bonchev–Trinajstić information content (AvgIpc) is 2.91. The number of benzene rings is 3. The van der Waals surface area contributed by atoms with Gasteiger partial charge in [-0.3, -0.25) is 13.9 Å². The monoisotopic (exact) mass is 583 g/mol. The normalized spacial score (nSPS) is 12.4. The number of amides is 2. The second-order valence-corrected chi connectivity index (χ2v) is 13.0. The van der Waals surface area contributed by atoms with Gasteiger partial charge in [-0.2, -0.15) is 0 Å². The van der Waals surface area contributed by atoms with Crippen LogP contribution in [0.25, 0.3) is 0 Å². The van der Waals surface area contributed by atoms with Gasteiger partial charge in [-0.15, -0.1) is 0 Å². The highest BCUT2D eigenvalue weighted by molar-refractivity contribution is 7.92. The van der Waals surface area contributed by atoms with Gasteiger partial charge in [-0.1, -0.05) is 73.1 Å². The fourth-order valence-electron chi connectivity index (χ4n) is 4.43. The van der Waals surface area contributed by atoms with E-state index >= 15 is 0 Å². The zero-order valence-electron chi connectivity index (χ0n) is 23.7. The van der Waals surface area contributed by atoms with Gasteiger partial charge in [0, 0.05) is 17.1 Å². The number of hydrogen-bond donors (Lipinski definition) is 1. The number of sulfonamides is 1. The van der Waals surface area contributed by atoms with Gasteiger partial charge in [0.15, 0.2) is 0 Å². The Bertz CT molecular complexity index is 1410. The van der Waals surface area contributed by atoms with E-state index in [1.807, 2.05) is 58.0 Å². The van der Waals surface area contributed by atoms with Crippen LogP contribution in [0.4, 0.5) is 5.69 Å². The first kappa shape index (κ1) is 31.2. The number of nitrogens with one attached hydrogen (secondary N) is 1. The number of anilines is 1. The van der Waals surface area contributed by atoms with E-state index in [-0.39, 0.29) is 17.3 Å². The molecule has 9 heteroatoms. The number of rotatable bonds is 11. The molecule has 40 heavy (non-hydrogen) atoms. The zero-order valence-corrected chi connectivity index (χ0v) is 25.3. The van der Waals surface area contributed by atoms with Crippen molar-refractivity contribution in [3.05, 3.63) is 95.0 Å². The summed E-state index contributed by atoms with van der Waals surface area (Å²) in [6.07, 6.45) is 0.873. The molecule has 0 spiro atoms. The standard InChI is InChI=1S/C31H38ClN3O4S/c1-6-27(30(37)33-31(3,4)5)34(20-19-24-13-9-7-10-14-24)29(36)22-35(28-21-25(32)18-17-23(28)2)40(38,39)26-15-11-8-12-16-26/h7-18,21,27H,6,19-20,22H2,1-5H3,(H,33,37)/t27-/m0/s1. The molecule has 0 radical (unpaired) electrons. The SMILES string of the molecule is CC[C@@H](C(=O)NC(C)(C)C)N(CCc1ccccc1)C(=O)CN(c1cc(Cl)ccc1C)S(=O)(=O)c1ccccc1. The van der Waals surface area contributed by atoms with Crippen LogP contribution >= 0.6 is 11.6 Å². The van der Waals surface area contributed by atoms with Gasteiger partial charge >= 0.3 is 0 Å². The van der Waals surface area contributed by atoms with E-state index in [2.05, 4.69) is 5.32 Å². The Kier molecular flexibility index (Phi) is 10.4. The topological polar surface area (TPSA) is 86.8 Å². The summed E-state index contributed by atoms with van der Waals surface area (Å²) in [5, 5.41) is 3.32. The van der Waals surface area contributed by atoms with Crippen molar-refractivity contribution in [1.29, 1.82) is 0 Å². The molecule has 0 aliphatic rings. The smallest absolute Gasteiger partial charge is 0.264 e. The molecular formula is C31H38ClN3O4S. The predicted molar refractivity (Wildman–Crippen MR) is 161 cm³/mol. The zero-order chi connectivity index (χ0) is 29.5. The van der Waals surface area contributed by atoms with Gasteiger partial charge in [-0.25, -0.2) is 8.42 Å². The highest BCUT2D eigenvalue weighted by Crippen LogP contribution is 2.30. The molecule has 0 fully saturated rings. The van der Waals surface area contributed by atoms with Crippen molar-refractivity contribution in [2.45, 2.75) is 63.9 Å². The summed E-state index contributed by atoms with van der Waals surface area (Å²) in [5.74, 6) is -0.765. The molecule has 0 saturated heterocycles. The van der Waals surface area contributed by atoms with Crippen LogP contribution in [0.5, 0.6) is 0 Å². The number of hydrogen-bond acceptors (Lipinski definition) is 4. The van der Waals surface area contributed by atoms with Crippen LogP contribution in [-0.2, 0) is 26.0 Å². The third-order valence-corrected chi connectivity index (χ3v) is 8.43. The maximum atomic E-state index is 14.1. The van der Waals surface area contributed by atoms with E-state index in [4.69, 9.17) is 11.6 Å². The van der Waals surface area contributed by atoms with E-state index in [1.165, 1.54) is 17.0 Å². The minimum atomic E-state index is -4.14. The van der Waals surface area contributed by atoms with E-state index < -0.39 is 34.1 Å². The molecule has 0 unspecified atom stereocenters. The summed E-state index contributed by atoms with van der Waals surface area (Å²) >= 11 is 6.28. The molecule has 1 N–H and O–H groups in total. The van der Waals surface area contributed by atoms with E-state index in [9.17, 15) is 18.0 Å². The minimum absolute atomic E-state index is 0.0514. The van der Waals surface area contributed by atoms with Crippen LogP contribution in [0, 0.1) is 6.92 Å². The third-order valence-electron chi connectivity index (χ3n) is 6.42. The van der Waals surface area contributed by atoms with E-state index in [0.717, 1.165) is 9.87 Å². The number of aryl methyl sites for hydroxylation is 1. The number of carbonyl (C=O) groups is 2. The van der Waals surface area contributed by atoms with Crippen LogP contribution in [0.3, 0.4) is 0 Å². The van der Waals surface area contributed by atoms with Gasteiger partial charge in [-0.05, 0) is 75.9 Å². The predicted octanol–water partition coefficient (Wildman–Crippen LogP) is 5.61. The molecule has 0 saturated carbocycles. The van der Waals surface area contributed by atoms with Crippen LogP contribution in [0.15, 0.2) is 83.8 Å². The molecule has 1 atom stereocenters. The lowest BCUT2D eigenvalue weighted by Crippen LogP contribution is -2.56. The van der Waals surface area contributed by atoms with Gasteiger partial charge in [0.25, 0.3) is 10.0 Å². The summed E-state index contributed by atoms with van der Waals surface area (Å²) in [4.78, 5) is 29.0. The molecule has 0 heterocycles. The summed E-state index contributed by atoms with van der Waals surface area (Å²) in [5.41, 5.74) is 1.45. The Morgan fingerprint density at radius 2 is 1.55 bits per heavy atom. The molecule has 2 amide bonds. The highest BCUT2D eigenvalue weighted by atomic mass is 35.5. The lowest BCUT2D eigenvalue weighted by Gasteiger charge is -2.35. The van der Waals surface area contributed by atoms with Crippen LogP contribution in [-0.4, -0.2) is 49.8 Å². The van der Waals surface area contributed by atoms with Crippen molar-refractivity contribution in [1.82, 2.24) is 10.2 Å². The molecule has 214 valence electrons. The van der Waals surface area contributed by atoms with Crippen LogP contribution < -0.4 is 9.62 Å². The Labute approximate surface area is 243 Å². The lowest BCUT2D eigenvalue weighted by atomic mass is 10.1. The quantitative estimate of drug-likeness (QED) is 0.318. The van der Waals surface area contributed by atoms with E-state index in [1.54, 1.807) is 43.3 Å².